The molecule has 1 aromatic carbocycles. The van der Waals surface area contributed by atoms with Crippen LogP contribution in [-0.4, -0.2) is 50.6 Å². The Labute approximate surface area is 139 Å². The lowest BCUT2D eigenvalue weighted by Gasteiger charge is -2.37. The van der Waals surface area contributed by atoms with Gasteiger partial charge in [0.1, 0.15) is 10.6 Å². The van der Waals surface area contributed by atoms with E-state index in [4.69, 9.17) is 0 Å². The molecule has 4 rings (SSSR count). The third-order valence-corrected chi connectivity index (χ3v) is 5.89. The van der Waals surface area contributed by atoms with E-state index in [2.05, 4.69) is 15.4 Å². The lowest BCUT2D eigenvalue weighted by molar-refractivity contribution is 0.189. The van der Waals surface area contributed by atoms with Crippen molar-refractivity contribution in [3.8, 4) is 11.3 Å². The summed E-state index contributed by atoms with van der Waals surface area (Å²) in [4.78, 5) is 0.215. The van der Waals surface area contributed by atoms with Crippen molar-refractivity contribution in [3.05, 3.63) is 48.9 Å². The molecule has 0 bridgehead atoms. The molecule has 24 heavy (non-hydrogen) atoms. The Morgan fingerprint density at radius 3 is 2.54 bits per heavy atom. The van der Waals surface area contributed by atoms with E-state index in [1.54, 1.807) is 11.7 Å². The number of benzene rings is 1. The van der Waals surface area contributed by atoms with E-state index >= 15 is 0 Å². The molecule has 2 aromatic heterocycles. The third-order valence-electron chi connectivity index (χ3n) is 4.10. The van der Waals surface area contributed by atoms with Crippen LogP contribution in [0, 0.1) is 0 Å². The van der Waals surface area contributed by atoms with E-state index in [0.29, 0.717) is 13.1 Å². The van der Waals surface area contributed by atoms with Gasteiger partial charge >= 0.3 is 0 Å². The first-order valence-electron chi connectivity index (χ1n) is 7.50. The predicted molar refractivity (Wildman–Crippen MR) is 86.5 cm³/mol. The molecule has 1 fully saturated rings. The van der Waals surface area contributed by atoms with Crippen LogP contribution in [0.15, 0.2) is 53.8 Å². The number of hydrogen-bond acceptors (Lipinski definition) is 5. The molecule has 0 saturated carbocycles. The van der Waals surface area contributed by atoms with Gasteiger partial charge in [-0.2, -0.15) is 9.40 Å². The molecule has 1 saturated heterocycles. The van der Waals surface area contributed by atoms with Gasteiger partial charge in [-0.15, -0.1) is 5.10 Å². The first-order chi connectivity index (χ1) is 11.5. The summed E-state index contributed by atoms with van der Waals surface area (Å²) in [6.07, 6.45) is 4.73. The fraction of sp³-hybridized carbons (Fsp3) is 0.267. The topological polar surface area (TPSA) is 85.9 Å². The zero-order chi connectivity index (χ0) is 16.7. The predicted octanol–water partition coefficient (Wildman–Crippen LogP) is 0.924. The summed E-state index contributed by atoms with van der Waals surface area (Å²) in [6, 6.07) is 9.77. The van der Waals surface area contributed by atoms with Crippen LogP contribution in [0.5, 0.6) is 0 Å². The third kappa shape index (κ3) is 2.51. The fourth-order valence-corrected chi connectivity index (χ4v) is 4.16. The summed E-state index contributed by atoms with van der Waals surface area (Å²) in [6.45, 7) is 0.767. The second-order valence-corrected chi connectivity index (χ2v) is 7.71. The highest BCUT2D eigenvalue weighted by molar-refractivity contribution is 7.89. The molecule has 0 spiro atoms. The van der Waals surface area contributed by atoms with Crippen molar-refractivity contribution in [1.29, 1.82) is 0 Å². The Morgan fingerprint density at radius 1 is 1.12 bits per heavy atom. The SMILES string of the molecule is Cn1cc(S(=O)(=O)N2CC(n3cc(-c4ccccc4)nn3)C2)cn1. The molecule has 0 atom stereocenters. The number of aromatic nitrogens is 5. The standard InChI is InChI=1S/C15H16N6O2S/c1-19-10-14(7-16-19)24(22,23)20-8-13(9-20)21-11-15(17-18-21)12-5-3-2-4-6-12/h2-7,10-11,13H,8-9H2,1H3. The maximum absolute atomic E-state index is 12.5. The van der Waals surface area contributed by atoms with Crippen LogP contribution < -0.4 is 0 Å². The van der Waals surface area contributed by atoms with E-state index in [0.717, 1.165) is 11.3 Å². The number of nitrogens with zero attached hydrogens (tertiary/aromatic N) is 6. The van der Waals surface area contributed by atoms with Gasteiger partial charge in [-0.1, -0.05) is 35.5 Å². The zero-order valence-electron chi connectivity index (χ0n) is 13.0. The molecule has 9 heteroatoms. The fourth-order valence-electron chi connectivity index (χ4n) is 2.66. The summed E-state index contributed by atoms with van der Waals surface area (Å²) in [5, 5.41) is 12.2. The summed E-state index contributed by atoms with van der Waals surface area (Å²) in [5.74, 6) is 0. The Bertz CT molecular complexity index is 957. The van der Waals surface area contributed by atoms with E-state index in [9.17, 15) is 8.42 Å². The molecule has 124 valence electrons. The van der Waals surface area contributed by atoms with E-state index in [1.807, 2.05) is 36.5 Å². The summed E-state index contributed by atoms with van der Waals surface area (Å²) in [5.41, 5.74) is 1.77. The molecule has 1 aliphatic rings. The molecule has 1 aliphatic heterocycles. The monoisotopic (exact) mass is 344 g/mol. The highest BCUT2D eigenvalue weighted by atomic mass is 32.2. The van der Waals surface area contributed by atoms with E-state index in [-0.39, 0.29) is 10.9 Å². The van der Waals surface area contributed by atoms with Crippen LogP contribution in [0.1, 0.15) is 6.04 Å². The van der Waals surface area contributed by atoms with Crippen LogP contribution in [0.4, 0.5) is 0 Å². The quantitative estimate of drug-likeness (QED) is 0.703. The van der Waals surface area contributed by atoms with Crippen molar-refractivity contribution in [2.75, 3.05) is 13.1 Å². The molecule has 3 heterocycles. The maximum atomic E-state index is 12.5. The molecular formula is C15H16N6O2S. The normalized spacial score (nSPS) is 16.2. The molecule has 0 aliphatic carbocycles. The summed E-state index contributed by atoms with van der Waals surface area (Å²) in [7, 11) is -1.79. The smallest absolute Gasteiger partial charge is 0.246 e. The average molecular weight is 344 g/mol. The van der Waals surface area contributed by atoms with Crippen LogP contribution in [0.3, 0.4) is 0 Å². The maximum Gasteiger partial charge on any atom is 0.246 e. The van der Waals surface area contributed by atoms with Crippen LogP contribution >= 0.6 is 0 Å². The molecular weight excluding hydrogens is 328 g/mol. The minimum Gasteiger partial charge on any atom is -0.274 e. The molecule has 8 nitrogen and oxygen atoms in total. The minimum atomic E-state index is -3.48. The number of hydrogen-bond donors (Lipinski definition) is 0. The second-order valence-electron chi connectivity index (χ2n) is 5.78. The first-order valence-corrected chi connectivity index (χ1v) is 8.94. The lowest BCUT2D eigenvalue weighted by atomic mass is 10.1. The van der Waals surface area contributed by atoms with E-state index in [1.165, 1.54) is 21.4 Å². The molecule has 0 radical (unpaired) electrons. The number of aryl methyl sites for hydroxylation is 1. The van der Waals surface area contributed by atoms with Crippen molar-refractivity contribution in [3.63, 3.8) is 0 Å². The summed E-state index contributed by atoms with van der Waals surface area (Å²) < 4.78 is 29.6. The van der Waals surface area contributed by atoms with Crippen molar-refractivity contribution in [1.82, 2.24) is 29.1 Å². The van der Waals surface area contributed by atoms with Gasteiger partial charge in [-0.25, -0.2) is 13.1 Å². The zero-order valence-corrected chi connectivity index (χ0v) is 13.8. The number of sulfonamides is 1. The average Bonchev–Trinajstić information content (AvgIpc) is 3.16. The summed E-state index contributed by atoms with van der Waals surface area (Å²) >= 11 is 0. The Balaban J connectivity index is 1.47. The lowest BCUT2D eigenvalue weighted by Crippen LogP contribution is -2.50. The van der Waals surface area contributed by atoms with Gasteiger partial charge in [0.25, 0.3) is 0 Å². The minimum absolute atomic E-state index is 0.00130. The molecule has 0 unspecified atom stereocenters. The van der Waals surface area contributed by atoms with Gasteiger partial charge in [0, 0.05) is 31.9 Å². The Kier molecular flexibility index (Phi) is 3.47. The van der Waals surface area contributed by atoms with Gasteiger partial charge < -0.3 is 0 Å². The van der Waals surface area contributed by atoms with Crippen molar-refractivity contribution >= 4 is 10.0 Å². The van der Waals surface area contributed by atoms with Gasteiger partial charge in [0.05, 0.1) is 18.4 Å². The largest absolute Gasteiger partial charge is 0.274 e. The molecule has 3 aromatic rings. The van der Waals surface area contributed by atoms with Gasteiger partial charge in [-0.3, -0.25) is 4.68 Å². The van der Waals surface area contributed by atoms with Gasteiger partial charge in [0.2, 0.25) is 10.0 Å². The Morgan fingerprint density at radius 2 is 1.88 bits per heavy atom. The molecule has 0 N–H and O–H groups in total. The van der Waals surface area contributed by atoms with Crippen LogP contribution in [0.2, 0.25) is 0 Å². The van der Waals surface area contributed by atoms with Crippen LogP contribution in [-0.2, 0) is 17.1 Å². The van der Waals surface area contributed by atoms with Crippen molar-refractivity contribution < 1.29 is 8.42 Å². The molecule has 0 amide bonds. The van der Waals surface area contributed by atoms with Crippen molar-refractivity contribution in [2.45, 2.75) is 10.9 Å². The second kappa shape index (κ2) is 5.53. The van der Waals surface area contributed by atoms with Crippen molar-refractivity contribution in [2.24, 2.45) is 7.05 Å². The number of rotatable bonds is 4. The highest BCUT2D eigenvalue weighted by Gasteiger charge is 2.38. The highest BCUT2D eigenvalue weighted by Crippen LogP contribution is 2.28. The van der Waals surface area contributed by atoms with Gasteiger partial charge in [0.15, 0.2) is 0 Å². The Hall–Kier alpha value is -2.52. The first kappa shape index (κ1) is 15.0. The van der Waals surface area contributed by atoms with Crippen LogP contribution in [0.25, 0.3) is 11.3 Å². The van der Waals surface area contributed by atoms with Gasteiger partial charge in [-0.05, 0) is 0 Å². The van der Waals surface area contributed by atoms with E-state index < -0.39 is 10.0 Å².